The standard InChI is InChI=1S/C22H21BrN2O2/c1-15-5-3-4-6-19(15)20(16-7-10-18(23)11-8-16)13-21(24-27)17-9-12-22(26)25(2)14-17/h3-12,14,20,27H,13H2,1-2H3. The molecule has 0 aliphatic heterocycles. The van der Waals surface area contributed by atoms with Crippen molar-refractivity contribution in [3.63, 3.8) is 0 Å². The largest absolute Gasteiger partial charge is 0.411 e. The van der Waals surface area contributed by atoms with Crippen molar-refractivity contribution in [1.82, 2.24) is 4.57 Å². The first-order chi connectivity index (χ1) is 13.0. The molecule has 138 valence electrons. The Kier molecular flexibility index (Phi) is 5.91. The summed E-state index contributed by atoms with van der Waals surface area (Å²) in [5.41, 5.74) is 4.68. The Hall–Kier alpha value is -2.66. The van der Waals surface area contributed by atoms with Crippen LogP contribution in [0.2, 0.25) is 0 Å². The number of aromatic nitrogens is 1. The predicted octanol–water partition coefficient (Wildman–Crippen LogP) is 4.86. The molecule has 1 unspecified atom stereocenters. The number of aryl methyl sites for hydroxylation is 2. The Morgan fingerprint density at radius 2 is 1.81 bits per heavy atom. The fourth-order valence-electron chi connectivity index (χ4n) is 3.25. The average molecular weight is 425 g/mol. The Morgan fingerprint density at radius 3 is 2.44 bits per heavy atom. The molecule has 1 N–H and O–H groups in total. The zero-order valence-corrected chi connectivity index (χ0v) is 16.8. The van der Waals surface area contributed by atoms with Crippen molar-refractivity contribution >= 4 is 21.6 Å². The van der Waals surface area contributed by atoms with Crippen molar-refractivity contribution in [2.45, 2.75) is 19.3 Å². The van der Waals surface area contributed by atoms with Gasteiger partial charge in [0.2, 0.25) is 5.56 Å². The zero-order chi connectivity index (χ0) is 19.4. The first-order valence-electron chi connectivity index (χ1n) is 8.68. The minimum Gasteiger partial charge on any atom is -0.411 e. The fourth-order valence-corrected chi connectivity index (χ4v) is 3.52. The van der Waals surface area contributed by atoms with Gasteiger partial charge < -0.3 is 9.77 Å². The van der Waals surface area contributed by atoms with Crippen LogP contribution in [-0.2, 0) is 7.05 Å². The number of pyridine rings is 1. The molecular formula is C22H21BrN2O2. The summed E-state index contributed by atoms with van der Waals surface area (Å²) in [5, 5.41) is 13.2. The summed E-state index contributed by atoms with van der Waals surface area (Å²) in [6.45, 7) is 2.09. The van der Waals surface area contributed by atoms with E-state index in [4.69, 9.17) is 0 Å². The molecule has 1 atom stereocenters. The number of nitrogens with zero attached hydrogens (tertiary/aromatic N) is 2. The van der Waals surface area contributed by atoms with E-state index in [2.05, 4.69) is 52.3 Å². The van der Waals surface area contributed by atoms with Gasteiger partial charge in [0.25, 0.3) is 0 Å². The Morgan fingerprint density at radius 1 is 1.11 bits per heavy atom. The van der Waals surface area contributed by atoms with Crippen LogP contribution in [0.4, 0.5) is 0 Å². The Balaban J connectivity index is 2.04. The fraction of sp³-hybridized carbons (Fsp3) is 0.182. The third kappa shape index (κ3) is 4.37. The molecule has 5 heteroatoms. The third-order valence-corrected chi connectivity index (χ3v) is 5.30. The monoisotopic (exact) mass is 424 g/mol. The summed E-state index contributed by atoms with van der Waals surface area (Å²) in [4.78, 5) is 11.7. The molecule has 0 spiro atoms. The summed E-state index contributed by atoms with van der Waals surface area (Å²) in [6, 6.07) is 19.6. The molecule has 0 bridgehead atoms. The molecule has 1 heterocycles. The molecule has 0 saturated carbocycles. The molecule has 27 heavy (non-hydrogen) atoms. The molecular weight excluding hydrogens is 404 g/mol. The van der Waals surface area contributed by atoms with Gasteiger partial charge >= 0.3 is 0 Å². The molecule has 0 saturated heterocycles. The van der Waals surface area contributed by atoms with E-state index in [1.54, 1.807) is 19.3 Å². The second-order valence-electron chi connectivity index (χ2n) is 6.58. The van der Waals surface area contributed by atoms with Gasteiger partial charge in [-0.25, -0.2) is 0 Å². The predicted molar refractivity (Wildman–Crippen MR) is 112 cm³/mol. The summed E-state index contributed by atoms with van der Waals surface area (Å²) >= 11 is 3.49. The third-order valence-electron chi connectivity index (χ3n) is 4.77. The van der Waals surface area contributed by atoms with Crippen LogP contribution in [0.15, 0.2) is 81.3 Å². The van der Waals surface area contributed by atoms with Gasteiger partial charge in [-0.2, -0.15) is 0 Å². The second kappa shape index (κ2) is 8.35. The van der Waals surface area contributed by atoms with Gasteiger partial charge in [-0.3, -0.25) is 4.79 Å². The maximum absolute atomic E-state index is 11.7. The average Bonchev–Trinajstić information content (AvgIpc) is 2.67. The van der Waals surface area contributed by atoms with Gasteiger partial charge in [0.1, 0.15) is 0 Å². The molecule has 3 rings (SSSR count). The lowest BCUT2D eigenvalue weighted by atomic mass is 9.83. The van der Waals surface area contributed by atoms with Crippen LogP contribution < -0.4 is 5.56 Å². The first kappa shape index (κ1) is 19.1. The SMILES string of the molecule is Cc1ccccc1C(CC(=NO)c1ccc(=O)n(C)c1)c1ccc(Br)cc1. The van der Waals surface area contributed by atoms with E-state index in [1.807, 2.05) is 24.3 Å². The van der Waals surface area contributed by atoms with Gasteiger partial charge in [-0.15, -0.1) is 0 Å². The van der Waals surface area contributed by atoms with Crippen molar-refractivity contribution in [1.29, 1.82) is 0 Å². The number of hydrogen-bond donors (Lipinski definition) is 1. The Labute approximate surface area is 166 Å². The molecule has 0 aliphatic carbocycles. The number of rotatable bonds is 5. The van der Waals surface area contributed by atoms with Crippen LogP contribution in [0, 0.1) is 6.92 Å². The minimum absolute atomic E-state index is 0.0300. The van der Waals surface area contributed by atoms with Crippen molar-refractivity contribution in [2.24, 2.45) is 12.2 Å². The lowest BCUT2D eigenvalue weighted by molar-refractivity contribution is 0.317. The van der Waals surface area contributed by atoms with E-state index in [1.165, 1.54) is 21.8 Å². The number of hydrogen-bond acceptors (Lipinski definition) is 3. The topological polar surface area (TPSA) is 54.6 Å². The lowest BCUT2D eigenvalue weighted by Crippen LogP contribution is -2.18. The molecule has 3 aromatic rings. The van der Waals surface area contributed by atoms with E-state index in [-0.39, 0.29) is 11.5 Å². The van der Waals surface area contributed by atoms with E-state index in [0.29, 0.717) is 12.1 Å². The van der Waals surface area contributed by atoms with E-state index in [0.717, 1.165) is 15.6 Å². The van der Waals surface area contributed by atoms with Gasteiger partial charge in [-0.1, -0.05) is 57.5 Å². The molecule has 0 fully saturated rings. The Bertz CT molecular complexity index is 1020. The van der Waals surface area contributed by atoms with Crippen LogP contribution >= 0.6 is 15.9 Å². The van der Waals surface area contributed by atoms with Crippen LogP contribution in [-0.4, -0.2) is 15.5 Å². The van der Waals surface area contributed by atoms with Crippen molar-refractivity contribution in [2.75, 3.05) is 0 Å². The minimum atomic E-state index is -0.0978. The van der Waals surface area contributed by atoms with Crippen LogP contribution in [0.1, 0.15) is 34.6 Å². The van der Waals surface area contributed by atoms with Crippen LogP contribution in [0.25, 0.3) is 0 Å². The van der Waals surface area contributed by atoms with E-state index in [9.17, 15) is 10.0 Å². The van der Waals surface area contributed by atoms with Gasteiger partial charge in [-0.05, 0) is 41.8 Å². The lowest BCUT2D eigenvalue weighted by Gasteiger charge is -2.21. The quantitative estimate of drug-likeness (QED) is 0.361. The van der Waals surface area contributed by atoms with E-state index >= 15 is 0 Å². The second-order valence-corrected chi connectivity index (χ2v) is 7.49. The first-order valence-corrected chi connectivity index (χ1v) is 9.48. The van der Waals surface area contributed by atoms with Gasteiger partial charge in [0.15, 0.2) is 0 Å². The smallest absolute Gasteiger partial charge is 0.250 e. The summed E-state index contributed by atoms with van der Waals surface area (Å²) < 4.78 is 2.51. The number of oxime groups is 1. The molecule has 2 aromatic carbocycles. The van der Waals surface area contributed by atoms with Gasteiger partial charge in [0.05, 0.1) is 5.71 Å². The van der Waals surface area contributed by atoms with Crippen molar-refractivity contribution < 1.29 is 5.21 Å². The van der Waals surface area contributed by atoms with Crippen LogP contribution in [0.3, 0.4) is 0 Å². The maximum atomic E-state index is 11.7. The molecule has 0 aliphatic rings. The van der Waals surface area contributed by atoms with Crippen molar-refractivity contribution in [3.8, 4) is 0 Å². The molecule has 4 nitrogen and oxygen atoms in total. The number of benzene rings is 2. The van der Waals surface area contributed by atoms with Crippen molar-refractivity contribution in [3.05, 3.63) is 104 Å². The molecule has 0 amide bonds. The molecule has 1 aromatic heterocycles. The molecule has 0 radical (unpaired) electrons. The highest BCUT2D eigenvalue weighted by Gasteiger charge is 2.20. The summed E-state index contributed by atoms with van der Waals surface area (Å²) in [5.74, 6) is 0.0300. The highest BCUT2D eigenvalue weighted by Crippen LogP contribution is 2.32. The maximum Gasteiger partial charge on any atom is 0.250 e. The van der Waals surface area contributed by atoms with Gasteiger partial charge in [0, 0.05) is 41.7 Å². The zero-order valence-electron chi connectivity index (χ0n) is 15.3. The highest BCUT2D eigenvalue weighted by atomic mass is 79.9. The van der Waals surface area contributed by atoms with E-state index < -0.39 is 0 Å². The summed E-state index contributed by atoms with van der Waals surface area (Å²) in [7, 11) is 1.69. The normalized spacial score (nSPS) is 12.8. The summed E-state index contributed by atoms with van der Waals surface area (Å²) in [6.07, 6.45) is 2.22. The van der Waals surface area contributed by atoms with Crippen LogP contribution in [0.5, 0.6) is 0 Å². The number of halogens is 1. The highest BCUT2D eigenvalue weighted by molar-refractivity contribution is 9.10.